The van der Waals surface area contributed by atoms with Gasteiger partial charge in [0.1, 0.15) is 0 Å². The van der Waals surface area contributed by atoms with Crippen LogP contribution in [0.15, 0.2) is 29.1 Å². The highest BCUT2D eigenvalue weighted by Crippen LogP contribution is 2.59. The van der Waals surface area contributed by atoms with E-state index < -0.39 is 0 Å². The van der Waals surface area contributed by atoms with Crippen LogP contribution in [0.5, 0.6) is 0 Å². The summed E-state index contributed by atoms with van der Waals surface area (Å²) in [5.41, 5.74) is 7.89. The number of hydrogen-bond acceptors (Lipinski definition) is 4. The molecular weight excluding hydrogens is 268 g/mol. The molecule has 0 aliphatic heterocycles. The summed E-state index contributed by atoms with van der Waals surface area (Å²) in [6.45, 7) is 0. The van der Waals surface area contributed by atoms with Gasteiger partial charge in [0.25, 0.3) is 5.91 Å². The number of amides is 1. The summed E-state index contributed by atoms with van der Waals surface area (Å²) in [6, 6.07) is 2.35. The minimum atomic E-state index is -0.159. The van der Waals surface area contributed by atoms with Crippen molar-refractivity contribution in [2.45, 2.75) is 31.3 Å². The first kappa shape index (κ1) is 12.6. The number of nitrogens with one attached hydrogen (secondary N) is 1. The molecular formula is C15H18N4O2. The molecule has 0 saturated heterocycles. The summed E-state index contributed by atoms with van der Waals surface area (Å²) >= 11 is 0. The molecule has 1 amide bonds. The van der Waals surface area contributed by atoms with Gasteiger partial charge in [-0.25, -0.2) is 0 Å². The van der Waals surface area contributed by atoms with Gasteiger partial charge in [-0.05, 0) is 30.7 Å². The molecule has 1 unspecified atom stereocenters. The number of carbonyl (C=O) groups is 1. The second kappa shape index (κ2) is 4.21. The summed E-state index contributed by atoms with van der Waals surface area (Å²) in [4.78, 5) is 12.4. The van der Waals surface area contributed by atoms with Crippen molar-refractivity contribution in [2.24, 2.45) is 18.2 Å². The highest BCUT2D eigenvalue weighted by atomic mass is 16.3. The Labute approximate surface area is 122 Å². The smallest absolute Gasteiger partial charge is 0.287 e. The average Bonchev–Trinajstić information content (AvgIpc) is 2.83. The van der Waals surface area contributed by atoms with Crippen molar-refractivity contribution >= 4 is 5.91 Å². The molecule has 6 nitrogen and oxygen atoms in total. The van der Waals surface area contributed by atoms with Gasteiger partial charge in [-0.2, -0.15) is 5.10 Å². The molecule has 110 valence electrons. The first-order valence-electron chi connectivity index (χ1n) is 7.20. The fourth-order valence-electron chi connectivity index (χ4n) is 3.40. The first-order valence-corrected chi connectivity index (χ1v) is 7.20. The Bertz CT molecular complexity index is 696. The summed E-state index contributed by atoms with van der Waals surface area (Å²) < 4.78 is 7.08. The third kappa shape index (κ3) is 1.98. The van der Waals surface area contributed by atoms with Crippen molar-refractivity contribution in [2.75, 3.05) is 0 Å². The van der Waals surface area contributed by atoms with E-state index in [0.29, 0.717) is 17.2 Å². The SMILES string of the molecule is Cn1cc(-c2ccoc2C(=O)NC2CC3(C2)CC3N)cn1. The predicted octanol–water partition coefficient (Wildman–Crippen LogP) is 1.29. The summed E-state index contributed by atoms with van der Waals surface area (Å²) in [7, 11) is 1.84. The van der Waals surface area contributed by atoms with Crippen LogP contribution in [0.4, 0.5) is 0 Å². The zero-order valence-corrected chi connectivity index (χ0v) is 11.9. The highest BCUT2D eigenvalue weighted by Gasteiger charge is 2.60. The molecule has 0 bridgehead atoms. The molecule has 2 aliphatic carbocycles. The van der Waals surface area contributed by atoms with E-state index in [9.17, 15) is 4.79 Å². The second-order valence-electron chi connectivity index (χ2n) is 6.32. The average molecular weight is 286 g/mol. The van der Waals surface area contributed by atoms with Gasteiger partial charge in [0, 0.05) is 36.5 Å². The number of carbonyl (C=O) groups excluding carboxylic acids is 1. The van der Waals surface area contributed by atoms with Crippen molar-refractivity contribution < 1.29 is 9.21 Å². The fourth-order valence-corrected chi connectivity index (χ4v) is 3.40. The Hall–Kier alpha value is -2.08. The van der Waals surface area contributed by atoms with Crippen LogP contribution in [-0.2, 0) is 7.05 Å². The molecule has 3 N–H and O–H groups in total. The van der Waals surface area contributed by atoms with E-state index in [1.165, 1.54) is 6.26 Å². The largest absolute Gasteiger partial charge is 0.459 e. The van der Waals surface area contributed by atoms with Gasteiger partial charge in [0.2, 0.25) is 0 Å². The molecule has 1 spiro atoms. The normalized spacial score (nSPS) is 30.2. The number of aromatic nitrogens is 2. The van der Waals surface area contributed by atoms with Crippen LogP contribution in [0.2, 0.25) is 0 Å². The minimum Gasteiger partial charge on any atom is -0.459 e. The molecule has 0 aromatic carbocycles. The van der Waals surface area contributed by atoms with E-state index in [-0.39, 0.29) is 11.9 Å². The number of aryl methyl sites for hydroxylation is 1. The third-order valence-corrected chi connectivity index (χ3v) is 4.78. The highest BCUT2D eigenvalue weighted by molar-refractivity contribution is 5.98. The number of rotatable bonds is 3. The Morgan fingerprint density at radius 1 is 1.52 bits per heavy atom. The number of nitrogens with zero attached hydrogens (tertiary/aromatic N) is 2. The number of furan rings is 1. The van der Waals surface area contributed by atoms with Gasteiger partial charge in [-0.1, -0.05) is 0 Å². The van der Waals surface area contributed by atoms with E-state index in [0.717, 1.165) is 30.4 Å². The van der Waals surface area contributed by atoms with Crippen LogP contribution in [0, 0.1) is 5.41 Å². The van der Waals surface area contributed by atoms with Gasteiger partial charge in [0.05, 0.1) is 12.5 Å². The topological polar surface area (TPSA) is 86.1 Å². The van der Waals surface area contributed by atoms with Crippen molar-refractivity contribution in [3.8, 4) is 11.1 Å². The van der Waals surface area contributed by atoms with Crippen molar-refractivity contribution in [3.05, 3.63) is 30.5 Å². The van der Waals surface area contributed by atoms with E-state index in [2.05, 4.69) is 10.4 Å². The van der Waals surface area contributed by atoms with Crippen LogP contribution < -0.4 is 11.1 Å². The van der Waals surface area contributed by atoms with E-state index in [1.807, 2.05) is 13.2 Å². The third-order valence-electron chi connectivity index (χ3n) is 4.78. The lowest BCUT2D eigenvalue weighted by Crippen LogP contribution is -2.47. The molecule has 2 aromatic rings. The van der Waals surface area contributed by atoms with Crippen molar-refractivity contribution in [3.63, 3.8) is 0 Å². The van der Waals surface area contributed by atoms with Gasteiger partial charge in [-0.3, -0.25) is 9.48 Å². The molecule has 1 atom stereocenters. The summed E-state index contributed by atoms with van der Waals surface area (Å²) in [5.74, 6) is 0.192. The monoisotopic (exact) mass is 286 g/mol. The van der Waals surface area contributed by atoms with E-state index in [1.54, 1.807) is 16.9 Å². The van der Waals surface area contributed by atoms with Gasteiger partial charge in [-0.15, -0.1) is 0 Å². The standard InChI is InChI=1S/C15H18N4O2/c1-19-8-9(7-17-19)11-2-3-21-13(11)14(20)18-10-4-15(5-10)6-12(15)16/h2-3,7-8,10,12H,4-6,16H2,1H3,(H,18,20). The molecule has 4 rings (SSSR count). The maximum Gasteiger partial charge on any atom is 0.287 e. The Kier molecular flexibility index (Phi) is 2.53. The summed E-state index contributed by atoms with van der Waals surface area (Å²) in [5, 5.41) is 7.16. The van der Waals surface area contributed by atoms with Crippen LogP contribution in [0.3, 0.4) is 0 Å². The van der Waals surface area contributed by atoms with Crippen LogP contribution in [-0.4, -0.2) is 27.8 Å². The number of hydrogen-bond donors (Lipinski definition) is 2. The molecule has 2 aliphatic rings. The maximum absolute atomic E-state index is 12.4. The van der Waals surface area contributed by atoms with E-state index in [4.69, 9.17) is 10.2 Å². The van der Waals surface area contributed by atoms with Gasteiger partial charge >= 0.3 is 0 Å². The van der Waals surface area contributed by atoms with E-state index >= 15 is 0 Å². The van der Waals surface area contributed by atoms with Crippen molar-refractivity contribution in [1.29, 1.82) is 0 Å². The van der Waals surface area contributed by atoms with Crippen LogP contribution >= 0.6 is 0 Å². The molecule has 0 radical (unpaired) electrons. The molecule has 2 saturated carbocycles. The van der Waals surface area contributed by atoms with Crippen LogP contribution in [0.1, 0.15) is 29.8 Å². The molecule has 2 heterocycles. The van der Waals surface area contributed by atoms with Crippen LogP contribution in [0.25, 0.3) is 11.1 Å². The Morgan fingerprint density at radius 2 is 2.29 bits per heavy atom. The first-order chi connectivity index (χ1) is 10.1. The number of nitrogens with two attached hydrogens (primary N) is 1. The zero-order valence-electron chi connectivity index (χ0n) is 11.9. The minimum absolute atomic E-state index is 0.159. The lowest BCUT2D eigenvalue weighted by Gasteiger charge is -2.36. The molecule has 6 heteroatoms. The Balaban J connectivity index is 1.47. The quantitative estimate of drug-likeness (QED) is 0.890. The van der Waals surface area contributed by atoms with Gasteiger partial charge in [0.15, 0.2) is 5.76 Å². The van der Waals surface area contributed by atoms with Gasteiger partial charge < -0.3 is 15.5 Å². The maximum atomic E-state index is 12.4. The summed E-state index contributed by atoms with van der Waals surface area (Å²) in [6.07, 6.45) is 8.20. The lowest BCUT2D eigenvalue weighted by atomic mass is 9.76. The molecule has 2 aromatic heterocycles. The zero-order chi connectivity index (χ0) is 14.6. The second-order valence-corrected chi connectivity index (χ2v) is 6.32. The molecule has 21 heavy (non-hydrogen) atoms. The lowest BCUT2D eigenvalue weighted by molar-refractivity contribution is 0.0846. The fraction of sp³-hybridized carbons (Fsp3) is 0.467. The predicted molar refractivity (Wildman–Crippen MR) is 76.4 cm³/mol. The molecule has 2 fully saturated rings. The van der Waals surface area contributed by atoms with Crippen molar-refractivity contribution in [1.82, 2.24) is 15.1 Å². The Morgan fingerprint density at radius 3 is 2.90 bits per heavy atom.